The minimum Gasteiger partial charge on any atom is -0.475 e. The van der Waals surface area contributed by atoms with E-state index in [-0.39, 0.29) is 17.9 Å². The number of carbonyl (C=O) groups is 3. The van der Waals surface area contributed by atoms with Gasteiger partial charge in [-0.1, -0.05) is 50.3 Å². The number of benzene rings is 2. The molecule has 0 bridgehead atoms. The van der Waals surface area contributed by atoms with E-state index in [1.54, 1.807) is 13.0 Å². The summed E-state index contributed by atoms with van der Waals surface area (Å²) in [6, 6.07) is 13.2. The lowest BCUT2D eigenvalue weighted by Gasteiger charge is -2.40. The first-order chi connectivity index (χ1) is 23.6. The Kier molecular flexibility index (Phi) is 15.4. The maximum absolute atomic E-state index is 12.2. The summed E-state index contributed by atoms with van der Waals surface area (Å²) >= 11 is 0. The molecule has 2 aromatic rings. The standard InChI is InChI=1S/C29H38N4O4.2C2HF3O2/c1-21(2)19-30-13-11-26(12-14-30)31-15-9-24(10-16-31)25-17-22(3)28(27(18-25)33(36)37)32(29(34)35)20-23-7-5-4-6-8-23;2*3-2(4,5)1(6)7/h4-9,17-18,21,26H,10-16,19-20H2,1-3H3,(H,34,35);2*(H,6,7). The van der Waals surface area contributed by atoms with Gasteiger partial charge in [0.2, 0.25) is 0 Å². The van der Waals surface area contributed by atoms with Crippen molar-refractivity contribution in [3.05, 3.63) is 75.3 Å². The lowest BCUT2D eigenvalue weighted by Crippen LogP contribution is -2.46. The molecule has 2 heterocycles. The fraction of sp³-hybridized carbons (Fsp3) is 0.485. The first-order valence-corrected chi connectivity index (χ1v) is 15.7. The van der Waals surface area contributed by atoms with E-state index < -0.39 is 35.3 Å². The van der Waals surface area contributed by atoms with Gasteiger partial charge in [0, 0.05) is 31.7 Å². The smallest absolute Gasteiger partial charge is 0.475 e. The summed E-state index contributed by atoms with van der Waals surface area (Å²) in [5.41, 5.74) is 3.22. The summed E-state index contributed by atoms with van der Waals surface area (Å²) < 4.78 is 63.5. The molecule has 2 aliphatic heterocycles. The number of hydrogen-bond donors (Lipinski definition) is 3. The van der Waals surface area contributed by atoms with Crippen molar-refractivity contribution in [3.8, 4) is 0 Å². The second-order valence-electron chi connectivity index (χ2n) is 12.3. The Balaban J connectivity index is 0.000000543. The third kappa shape index (κ3) is 13.5. The summed E-state index contributed by atoms with van der Waals surface area (Å²) in [6.45, 7) is 11.6. The number of aryl methyl sites for hydroxylation is 1. The number of aliphatic carboxylic acids is 2. The number of carboxylic acid groups (broad SMARTS) is 3. The highest BCUT2D eigenvalue weighted by Gasteiger charge is 2.39. The molecule has 2 aromatic carbocycles. The monoisotopic (exact) mass is 734 g/mol. The van der Waals surface area contributed by atoms with Gasteiger partial charge >= 0.3 is 30.4 Å². The van der Waals surface area contributed by atoms with E-state index >= 15 is 0 Å². The Morgan fingerprint density at radius 3 is 1.88 bits per heavy atom. The minimum atomic E-state index is -5.08. The summed E-state index contributed by atoms with van der Waals surface area (Å²) in [7, 11) is 0. The zero-order valence-electron chi connectivity index (χ0n) is 28.1. The van der Waals surface area contributed by atoms with Crippen molar-refractivity contribution in [1.82, 2.24) is 9.80 Å². The van der Waals surface area contributed by atoms with Crippen LogP contribution in [-0.2, 0) is 16.1 Å². The average molecular weight is 735 g/mol. The number of amides is 1. The third-order valence-electron chi connectivity index (χ3n) is 7.95. The van der Waals surface area contributed by atoms with Gasteiger partial charge in [0.05, 0.1) is 11.5 Å². The highest BCUT2D eigenvalue weighted by Crippen LogP contribution is 2.38. The van der Waals surface area contributed by atoms with E-state index in [1.807, 2.05) is 36.4 Å². The first-order valence-electron chi connectivity index (χ1n) is 15.7. The quantitative estimate of drug-likeness (QED) is 0.145. The zero-order valence-corrected chi connectivity index (χ0v) is 28.1. The molecule has 0 saturated carbocycles. The molecule has 0 atom stereocenters. The predicted molar refractivity (Wildman–Crippen MR) is 174 cm³/mol. The number of nitro benzene ring substituents is 1. The van der Waals surface area contributed by atoms with Crippen LogP contribution in [0.5, 0.6) is 0 Å². The Morgan fingerprint density at radius 1 is 0.941 bits per heavy atom. The lowest BCUT2D eigenvalue weighted by molar-refractivity contribution is -0.384. The summed E-state index contributed by atoms with van der Waals surface area (Å²) in [4.78, 5) is 47.8. The van der Waals surface area contributed by atoms with E-state index in [2.05, 4.69) is 29.7 Å². The Morgan fingerprint density at radius 2 is 1.47 bits per heavy atom. The van der Waals surface area contributed by atoms with Gasteiger partial charge in [-0.2, -0.15) is 26.3 Å². The number of alkyl halides is 6. The van der Waals surface area contributed by atoms with Crippen LogP contribution < -0.4 is 4.90 Å². The fourth-order valence-corrected chi connectivity index (χ4v) is 5.71. The van der Waals surface area contributed by atoms with Crippen LogP contribution in [0.25, 0.3) is 5.57 Å². The van der Waals surface area contributed by atoms with Crippen molar-refractivity contribution in [2.24, 2.45) is 5.92 Å². The molecule has 0 aromatic heterocycles. The Hall–Kier alpha value is -4.71. The van der Waals surface area contributed by atoms with Gasteiger partial charge in [0.25, 0.3) is 5.69 Å². The Labute approximate surface area is 289 Å². The van der Waals surface area contributed by atoms with Gasteiger partial charge in [0.15, 0.2) is 0 Å². The van der Waals surface area contributed by atoms with Crippen LogP contribution in [0.15, 0.2) is 48.5 Å². The molecule has 282 valence electrons. The molecule has 18 heteroatoms. The number of carboxylic acids is 2. The lowest BCUT2D eigenvalue weighted by atomic mass is 9.94. The molecule has 12 nitrogen and oxygen atoms in total. The third-order valence-corrected chi connectivity index (χ3v) is 7.95. The number of hydrogen-bond acceptors (Lipinski definition) is 7. The minimum absolute atomic E-state index is 0.0465. The Bertz CT molecular complexity index is 1520. The predicted octanol–water partition coefficient (Wildman–Crippen LogP) is 7.06. The highest BCUT2D eigenvalue weighted by molar-refractivity contribution is 5.91. The molecule has 0 aliphatic carbocycles. The number of likely N-dealkylation sites (tertiary alicyclic amines) is 1. The highest BCUT2D eigenvalue weighted by atomic mass is 19.4. The summed E-state index contributed by atoms with van der Waals surface area (Å²) in [5.74, 6) is -4.82. The van der Waals surface area contributed by atoms with Crippen molar-refractivity contribution in [3.63, 3.8) is 0 Å². The van der Waals surface area contributed by atoms with Crippen LogP contribution >= 0.6 is 0 Å². The van der Waals surface area contributed by atoms with Crippen LogP contribution in [0.3, 0.4) is 0 Å². The largest absolute Gasteiger partial charge is 0.490 e. The molecule has 3 N–H and O–H groups in total. The van der Waals surface area contributed by atoms with Crippen molar-refractivity contribution >= 4 is 35.0 Å². The van der Waals surface area contributed by atoms with Crippen molar-refractivity contribution in [1.29, 1.82) is 0 Å². The molecular weight excluding hydrogens is 694 g/mol. The van der Waals surface area contributed by atoms with E-state index in [0.717, 1.165) is 60.7 Å². The second-order valence-corrected chi connectivity index (χ2v) is 12.3. The van der Waals surface area contributed by atoms with Crippen LogP contribution in [0.1, 0.15) is 49.8 Å². The average Bonchev–Trinajstić information content (AvgIpc) is 3.04. The molecule has 0 spiro atoms. The van der Waals surface area contributed by atoms with Gasteiger partial charge in [-0.05, 0) is 73.5 Å². The number of piperidine rings is 1. The van der Waals surface area contributed by atoms with Crippen LogP contribution in [0.2, 0.25) is 0 Å². The molecule has 0 unspecified atom stereocenters. The number of halogens is 6. The second kappa shape index (κ2) is 18.5. The fourth-order valence-electron chi connectivity index (χ4n) is 5.71. The van der Waals surface area contributed by atoms with Crippen molar-refractivity contribution < 1.29 is 61.0 Å². The van der Waals surface area contributed by atoms with Gasteiger partial charge in [0.1, 0.15) is 5.69 Å². The van der Waals surface area contributed by atoms with Crippen LogP contribution in [0, 0.1) is 23.0 Å². The molecule has 4 rings (SSSR count). The van der Waals surface area contributed by atoms with Gasteiger partial charge < -0.3 is 20.2 Å². The molecule has 2 aliphatic rings. The van der Waals surface area contributed by atoms with E-state index in [0.29, 0.717) is 17.5 Å². The summed E-state index contributed by atoms with van der Waals surface area (Å²) in [6.07, 6.45) is -5.99. The molecule has 1 amide bonds. The molecular formula is C33H40F6N4O8. The van der Waals surface area contributed by atoms with Crippen molar-refractivity contribution in [2.45, 2.75) is 65.0 Å². The number of nitrogens with zero attached hydrogens (tertiary/aromatic N) is 4. The maximum atomic E-state index is 12.2. The van der Waals surface area contributed by atoms with Crippen LogP contribution in [-0.4, -0.2) is 99.2 Å². The zero-order chi connectivity index (χ0) is 38.7. The van der Waals surface area contributed by atoms with Crippen molar-refractivity contribution in [2.75, 3.05) is 37.6 Å². The summed E-state index contributed by atoms with van der Waals surface area (Å²) in [5, 5.41) is 36.3. The molecule has 0 radical (unpaired) electrons. The van der Waals surface area contributed by atoms with Gasteiger partial charge in [-0.3, -0.25) is 19.9 Å². The normalized spacial score (nSPS) is 15.8. The van der Waals surface area contributed by atoms with E-state index in [9.17, 15) is 46.4 Å². The first kappa shape index (κ1) is 42.5. The SMILES string of the molecule is Cc1cc(C2=CCN(C3CCN(CC(C)C)CC3)CC2)cc([N+](=O)[O-])c1N(Cc1ccccc1)C(=O)O.O=C(O)C(F)(F)F.O=C(O)C(F)(F)F. The number of nitro groups is 1. The van der Waals surface area contributed by atoms with E-state index in [1.165, 1.54) is 12.8 Å². The van der Waals surface area contributed by atoms with Gasteiger partial charge in [-0.15, -0.1) is 0 Å². The molecule has 1 saturated heterocycles. The molecule has 1 fully saturated rings. The molecule has 51 heavy (non-hydrogen) atoms. The van der Waals surface area contributed by atoms with E-state index in [4.69, 9.17) is 19.8 Å². The number of rotatable bonds is 8. The maximum Gasteiger partial charge on any atom is 0.490 e. The topological polar surface area (TPSA) is 165 Å². The van der Waals surface area contributed by atoms with Crippen LogP contribution in [0.4, 0.5) is 42.5 Å². The number of anilines is 1. The van der Waals surface area contributed by atoms with Gasteiger partial charge in [-0.25, -0.2) is 14.4 Å².